The summed E-state index contributed by atoms with van der Waals surface area (Å²) in [6.45, 7) is 2.40. The number of ether oxygens (including phenoxy) is 1. The molecule has 10 heteroatoms. The van der Waals surface area contributed by atoms with Crippen LogP contribution < -0.4 is 15.3 Å². The van der Waals surface area contributed by atoms with Gasteiger partial charge in [0.1, 0.15) is 29.1 Å². The Bertz CT molecular complexity index is 1270. The predicted molar refractivity (Wildman–Crippen MR) is 111 cm³/mol. The molecule has 3 aromatic rings. The van der Waals surface area contributed by atoms with E-state index in [9.17, 15) is 23.2 Å². The maximum absolute atomic E-state index is 13.0. The number of hydrogen-bond donors (Lipinski definition) is 0. The smallest absolute Gasteiger partial charge is 0.416 e. The van der Waals surface area contributed by atoms with Gasteiger partial charge in [0.15, 0.2) is 5.82 Å². The number of nitriles is 1. The van der Waals surface area contributed by atoms with Gasteiger partial charge in [0.25, 0.3) is 0 Å². The molecule has 32 heavy (non-hydrogen) atoms. The number of anilines is 1. The van der Waals surface area contributed by atoms with Crippen LogP contribution in [0.25, 0.3) is 11.0 Å². The highest BCUT2D eigenvalue weighted by Crippen LogP contribution is 2.33. The van der Waals surface area contributed by atoms with Crippen molar-refractivity contribution < 1.29 is 17.9 Å². The monoisotopic (exact) mass is 443 g/mol. The van der Waals surface area contributed by atoms with Gasteiger partial charge in [-0.1, -0.05) is 6.07 Å². The van der Waals surface area contributed by atoms with E-state index in [1.165, 1.54) is 16.7 Å². The van der Waals surface area contributed by atoms with Crippen molar-refractivity contribution in [3.63, 3.8) is 0 Å². The van der Waals surface area contributed by atoms with Crippen molar-refractivity contribution in [3.8, 4) is 11.8 Å². The van der Waals surface area contributed by atoms with E-state index in [0.717, 1.165) is 12.1 Å². The highest BCUT2D eigenvalue weighted by molar-refractivity contribution is 5.86. The second-order valence-corrected chi connectivity index (χ2v) is 7.79. The first kappa shape index (κ1) is 21.6. The Morgan fingerprint density at radius 2 is 2.00 bits per heavy atom. The average Bonchev–Trinajstić information content (AvgIpc) is 2.76. The van der Waals surface area contributed by atoms with Crippen molar-refractivity contribution >= 4 is 16.9 Å². The molecule has 2 atom stereocenters. The molecule has 0 N–H and O–H groups in total. The molecule has 166 valence electrons. The number of alkyl halides is 3. The minimum Gasteiger partial charge on any atom is -0.490 e. The second-order valence-electron chi connectivity index (χ2n) is 7.79. The van der Waals surface area contributed by atoms with Gasteiger partial charge in [-0.25, -0.2) is 9.78 Å². The molecule has 0 amide bonds. The Labute approximate surface area is 181 Å². The quantitative estimate of drug-likeness (QED) is 0.615. The lowest BCUT2D eigenvalue weighted by atomic mass is 10.00. The molecule has 0 saturated carbocycles. The van der Waals surface area contributed by atoms with E-state index in [1.807, 2.05) is 17.9 Å². The number of benzene rings is 1. The summed E-state index contributed by atoms with van der Waals surface area (Å²) >= 11 is 0. The number of rotatable bonds is 3. The van der Waals surface area contributed by atoms with Gasteiger partial charge in [-0.05, 0) is 37.3 Å². The van der Waals surface area contributed by atoms with Crippen molar-refractivity contribution in [2.24, 2.45) is 7.05 Å². The lowest BCUT2D eigenvalue weighted by molar-refractivity contribution is -0.137. The number of nitrogens with zero attached hydrogens (tertiary/aromatic N) is 5. The highest BCUT2D eigenvalue weighted by Gasteiger charge is 2.32. The molecule has 7 nitrogen and oxygen atoms in total. The van der Waals surface area contributed by atoms with E-state index < -0.39 is 17.4 Å². The van der Waals surface area contributed by atoms with Gasteiger partial charge in [0.2, 0.25) is 0 Å². The number of fused-ring (bicyclic) bond motifs is 1. The zero-order chi connectivity index (χ0) is 23.0. The molecule has 0 radical (unpaired) electrons. The van der Waals surface area contributed by atoms with E-state index in [2.05, 4.69) is 9.97 Å². The summed E-state index contributed by atoms with van der Waals surface area (Å²) in [7, 11) is 1.59. The first-order valence-corrected chi connectivity index (χ1v) is 10.1. The van der Waals surface area contributed by atoms with Crippen LogP contribution in [0, 0.1) is 11.3 Å². The fourth-order valence-corrected chi connectivity index (χ4v) is 3.96. The standard InChI is InChI=1S/C22H20F3N5O2/c1-13-10-17(32-16-5-3-4-14(11-16)22(23,24)25)8-9-30(13)20-19-18(29(2)21(31)28-20)7-6-15(12-26)27-19/h3-7,11,13,17H,8-10H2,1-2H3. The van der Waals surface area contributed by atoms with E-state index in [0.29, 0.717) is 36.2 Å². The van der Waals surface area contributed by atoms with Crippen molar-refractivity contribution in [2.75, 3.05) is 11.4 Å². The van der Waals surface area contributed by atoms with Crippen LogP contribution >= 0.6 is 0 Å². The second kappa shape index (κ2) is 8.15. The number of hydrogen-bond acceptors (Lipinski definition) is 6. The summed E-state index contributed by atoms with van der Waals surface area (Å²) in [6, 6.07) is 9.94. The lowest BCUT2D eigenvalue weighted by Crippen LogP contribution is -2.45. The van der Waals surface area contributed by atoms with Crippen LogP contribution in [0.2, 0.25) is 0 Å². The summed E-state index contributed by atoms with van der Waals surface area (Å²) in [5.41, 5.74) is 0.0441. The van der Waals surface area contributed by atoms with Crippen LogP contribution in [0.1, 0.15) is 31.0 Å². The number of halogens is 3. The van der Waals surface area contributed by atoms with Crippen molar-refractivity contribution in [3.05, 3.63) is 58.1 Å². The SMILES string of the molecule is CC1CC(Oc2cccc(C(F)(F)F)c2)CCN1c1nc(=O)n(C)c2ccc(C#N)nc12. The fraction of sp³-hybridized carbons (Fsp3) is 0.364. The number of aromatic nitrogens is 3. The molecule has 1 aliphatic rings. The number of pyridine rings is 1. The van der Waals surface area contributed by atoms with Crippen LogP contribution in [-0.2, 0) is 13.2 Å². The molecule has 0 spiro atoms. The Balaban J connectivity index is 1.58. The average molecular weight is 443 g/mol. The third-order valence-corrected chi connectivity index (χ3v) is 5.61. The van der Waals surface area contributed by atoms with Gasteiger partial charge in [-0.3, -0.25) is 4.57 Å². The third-order valence-electron chi connectivity index (χ3n) is 5.61. The van der Waals surface area contributed by atoms with Gasteiger partial charge in [-0.15, -0.1) is 0 Å². The molecule has 1 aromatic carbocycles. The van der Waals surface area contributed by atoms with Crippen molar-refractivity contribution in [1.29, 1.82) is 5.26 Å². The van der Waals surface area contributed by atoms with Gasteiger partial charge in [0.05, 0.1) is 11.1 Å². The largest absolute Gasteiger partial charge is 0.490 e. The molecule has 0 aliphatic carbocycles. The Morgan fingerprint density at radius 3 is 2.69 bits per heavy atom. The van der Waals surface area contributed by atoms with Crippen molar-refractivity contribution in [1.82, 2.24) is 14.5 Å². The minimum atomic E-state index is -4.43. The van der Waals surface area contributed by atoms with Crippen LogP contribution in [0.5, 0.6) is 5.75 Å². The topological polar surface area (TPSA) is 84.0 Å². The van der Waals surface area contributed by atoms with Gasteiger partial charge in [0, 0.05) is 32.5 Å². The summed E-state index contributed by atoms with van der Waals surface area (Å²) in [5.74, 6) is 0.563. The molecule has 2 unspecified atom stereocenters. The van der Waals surface area contributed by atoms with Gasteiger partial charge < -0.3 is 9.64 Å². The van der Waals surface area contributed by atoms with E-state index >= 15 is 0 Å². The highest BCUT2D eigenvalue weighted by atomic mass is 19.4. The lowest BCUT2D eigenvalue weighted by Gasteiger charge is -2.38. The molecule has 1 saturated heterocycles. The third kappa shape index (κ3) is 4.10. The Kier molecular flexibility index (Phi) is 5.50. The molecule has 4 rings (SSSR count). The molecule has 1 aliphatic heterocycles. The molecular formula is C22H20F3N5O2. The zero-order valence-electron chi connectivity index (χ0n) is 17.4. The zero-order valence-corrected chi connectivity index (χ0v) is 17.4. The van der Waals surface area contributed by atoms with E-state index in [1.54, 1.807) is 19.2 Å². The van der Waals surface area contributed by atoms with Crippen LogP contribution in [0.15, 0.2) is 41.2 Å². The molecule has 2 aromatic heterocycles. The maximum atomic E-state index is 13.0. The minimum absolute atomic E-state index is 0.116. The summed E-state index contributed by atoms with van der Waals surface area (Å²) in [5, 5.41) is 9.22. The van der Waals surface area contributed by atoms with Crippen LogP contribution in [0.4, 0.5) is 19.0 Å². The Morgan fingerprint density at radius 1 is 1.22 bits per heavy atom. The van der Waals surface area contributed by atoms with E-state index in [-0.39, 0.29) is 23.6 Å². The maximum Gasteiger partial charge on any atom is 0.416 e. The normalized spacial score (nSPS) is 19.1. The molecule has 1 fully saturated rings. The Hall–Kier alpha value is -3.61. The van der Waals surface area contributed by atoms with Crippen LogP contribution in [-0.4, -0.2) is 33.2 Å². The summed E-state index contributed by atoms with van der Waals surface area (Å²) in [4.78, 5) is 22.9. The van der Waals surface area contributed by atoms with Crippen LogP contribution in [0.3, 0.4) is 0 Å². The first-order chi connectivity index (χ1) is 15.2. The predicted octanol–water partition coefficient (Wildman–Crippen LogP) is 3.66. The first-order valence-electron chi connectivity index (χ1n) is 10.1. The number of aryl methyl sites for hydroxylation is 1. The van der Waals surface area contributed by atoms with Crippen molar-refractivity contribution in [2.45, 2.75) is 38.1 Å². The molecule has 3 heterocycles. The summed E-state index contributed by atoms with van der Waals surface area (Å²) < 4.78 is 46.1. The van der Waals surface area contributed by atoms with Gasteiger partial charge >= 0.3 is 11.9 Å². The van der Waals surface area contributed by atoms with E-state index in [4.69, 9.17) is 4.74 Å². The van der Waals surface area contributed by atoms with Gasteiger partial charge in [-0.2, -0.15) is 23.4 Å². The summed E-state index contributed by atoms with van der Waals surface area (Å²) in [6.07, 6.45) is -3.67. The molecular weight excluding hydrogens is 423 g/mol. The fourth-order valence-electron chi connectivity index (χ4n) is 3.96. The molecule has 0 bridgehead atoms. The number of piperidine rings is 1.